The van der Waals surface area contributed by atoms with Gasteiger partial charge in [0.2, 0.25) is 5.95 Å². The average Bonchev–Trinajstić information content (AvgIpc) is 2.93. The molecule has 5 rings (SSSR count). The number of nitrogens with zero attached hydrogens (tertiary/aromatic N) is 3. The first kappa shape index (κ1) is 25.7. The monoisotopic (exact) mass is 530 g/mol. The van der Waals surface area contributed by atoms with Crippen LogP contribution in [0.3, 0.4) is 0 Å². The number of aromatic nitrogens is 3. The molecule has 0 saturated carbocycles. The summed E-state index contributed by atoms with van der Waals surface area (Å²) in [7, 11) is 4.59. The van der Waals surface area contributed by atoms with Crippen molar-refractivity contribution in [2.24, 2.45) is 7.05 Å². The SMILES string of the molecule is COc1ccc2c(Oc3ccc(-c4cnc(Nc5ccc(F)cc5C)n(C)c4=O)cc3F)ccnc2c1OC. The molecule has 5 aromatic rings. The summed E-state index contributed by atoms with van der Waals surface area (Å²) in [5, 5.41) is 3.64. The number of rotatable bonds is 7. The van der Waals surface area contributed by atoms with Crippen molar-refractivity contribution in [3.63, 3.8) is 0 Å². The van der Waals surface area contributed by atoms with Crippen LogP contribution in [0.5, 0.6) is 23.0 Å². The van der Waals surface area contributed by atoms with Crippen molar-refractivity contribution in [3.8, 4) is 34.1 Å². The molecule has 2 aromatic heterocycles. The Hall–Kier alpha value is -4.99. The van der Waals surface area contributed by atoms with Crippen LogP contribution in [-0.4, -0.2) is 28.8 Å². The van der Waals surface area contributed by atoms with Gasteiger partial charge in [-0.05, 0) is 66.6 Å². The Morgan fingerprint density at radius 3 is 2.41 bits per heavy atom. The molecule has 0 spiro atoms. The average molecular weight is 531 g/mol. The lowest BCUT2D eigenvalue weighted by molar-refractivity contribution is 0.358. The lowest BCUT2D eigenvalue weighted by Gasteiger charge is -2.14. The summed E-state index contributed by atoms with van der Waals surface area (Å²) in [5.74, 6) is 0.524. The number of fused-ring (bicyclic) bond motifs is 1. The van der Waals surface area contributed by atoms with Gasteiger partial charge in [-0.3, -0.25) is 14.3 Å². The van der Waals surface area contributed by atoms with Crippen LogP contribution in [0.2, 0.25) is 0 Å². The van der Waals surface area contributed by atoms with E-state index >= 15 is 4.39 Å². The van der Waals surface area contributed by atoms with E-state index in [1.165, 1.54) is 55.4 Å². The third-order valence-electron chi connectivity index (χ3n) is 6.28. The number of pyridine rings is 1. The van der Waals surface area contributed by atoms with Crippen molar-refractivity contribution in [2.45, 2.75) is 6.92 Å². The number of hydrogen-bond donors (Lipinski definition) is 1. The summed E-state index contributed by atoms with van der Waals surface area (Å²) in [6, 6.07) is 13.6. The fourth-order valence-electron chi connectivity index (χ4n) is 4.21. The Morgan fingerprint density at radius 1 is 0.897 bits per heavy atom. The van der Waals surface area contributed by atoms with Crippen LogP contribution < -0.4 is 25.1 Å². The maximum absolute atomic E-state index is 15.2. The second kappa shape index (κ2) is 10.4. The fourth-order valence-corrected chi connectivity index (χ4v) is 4.21. The lowest BCUT2D eigenvalue weighted by Crippen LogP contribution is -2.22. The zero-order valence-electron chi connectivity index (χ0n) is 21.6. The second-order valence-corrected chi connectivity index (χ2v) is 8.70. The van der Waals surface area contributed by atoms with Crippen molar-refractivity contribution in [1.29, 1.82) is 0 Å². The largest absolute Gasteiger partial charge is 0.493 e. The summed E-state index contributed by atoms with van der Waals surface area (Å²) in [6.45, 7) is 1.74. The number of aryl methyl sites for hydroxylation is 1. The summed E-state index contributed by atoms with van der Waals surface area (Å²) in [5.41, 5.74) is 1.93. The molecule has 2 heterocycles. The highest BCUT2D eigenvalue weighted by atomic mass is 19.1. The van der Waals surface area contributed by atoms with Crippen molar-refractivity contribution >= 4 is 22.5 Å². The molecule has 0 amide bonds. The van der Waals surface area contributed by atoms with Crippen molar-refractivity contribution < 1.29 is 23.0 Å². The Balaban J connectivity index is 1.44. The highest BCUT2D eigenvalue weighted by Crippen LogP contribution is 2.39. The van der Waals surface area contributed by atoms with Crippen molar-refractivity contribution in [2.75, 3.05) is 19.5 Å². The van der Waals surface area contributed by atoms with E-state index in [-0.39, 0.29) is 28.6 Å². The van der Waals surface area contributed by atoms with Gasteiger partial charge in [0, 0.05) is 30.5 Å². The third kappa shape index (κ3) is 4.84. The minimum absolute atomic E-state index is 0.0316. The van der Waals surface area contributed by atoms with Crippen molar-refractivity contribution in [3.05, 3.63) is 94.5 Å². The molecule has 0 saturated heterocycles. The van der Waals surface area contributed by atoms with Crippen LogP contribution in [0.1, 0.15) is 5.56 Å². The molecule has 8 nitrogen and oxygen atoms in total. The summed E-state index contributed by atoms with van der Waals surface area (Å²) in [4.78, 5) is 21.8. The molecule has 39 heavy (non-hydrogen) atoms. The van der Waals surface area contributed by atoms with E-state index in [2.05, 4.69) is 15.3 Å². The minimum Gasteiger partial charge on any atom is -0.493 e. The maximum atomic E-state index is 15.2. The lowest BCUT2D eigenvalue weighted by atomic mass is 10.1. The quantitative estimate of drug-likeness (QED) is 0.271. The summed E-state index contributed by atoms with van der Waals surface area (Å²) < 4.78 is 46.6. The fraction of sp³-hybridized carbons (Fsp3) is 0.138. The normalized spacial score (nSPS) is 10.9. The molecule has 1 N–H and O–H groups in total. The Morgan fingerprint density at radius 2 is 1.69 bits per heavy atom. The van der Waals surface area contributed by atoms with Gasteiger partial charge in [0.25, 0.3) is 5.56 Å². The van der Waals surface area contributed by atoms with E-state index in [0.717, 1.165) is 0 Å². The van der Waals surface area contributed by atoms with Gasteiger partial charge in [0.15, 0.2) is 23.1 Å². The van der Waals surface area contributed by atoms with Gasteiger partial charge in [-0.25, -0.2) is 13.8 Å². The molecular weight excluding hydrogens is 506 g/mol. The molecule has 0 bridgehead atoms. The molecule has 0 aliphatic heterocycles. The van der Waals surface area contributed by atoms with Gasteiger partial charge in [0.1, 0.15) is 17.1 Å². The van der Waals surface area contributed by atoms with E-state index in [4.69, 9.17) is 14.2 Å². The van der Waals surface area contributed by atoms with Crippen LogP contribution in [0.25, 0.3) is 22.0 Å². The first-order chi connectivity index (χ1) is 18.8. The van der Waals surface area contributed by atoms with Gasteiger partial charge in [-0.15, -0.1) is 0 Å². The minimum atomic E-state index is -0.663. The number of hydrogen-bond acceptors (Lipinski definition) is 7. The molecule has 10 heteroatoms. The molecular formula is C29H24F2N4O4. The van der Waals surface area contributed by atoms with E-state index in [0.29, 0.717) is 45.0 Å². The first-order valence-corrected chi connectivity index (χ1v) is 11.9. The third-order valence-corrected chi connectivity index (χ3v) is 6.28. The highest BCUT2D eigenvalue weighted by molar-refractivity contribution is 5.92. The number of halogens is 2. The highest BCUT2D eigenvalue weighted by Gasteiger charge is 2.17. The maximum Gasteiger partial charge on any atom is 0.262 e. The number of ether oxygens (including phenoxy) is 3. The van der Waals surface area contributed by atoms with Gasteiger partial charge < -0.3 is 19.5 Å². The molecule has 198 valence electrons. The van der Waals surface area contributed by atoms with Gasteiger partial charge in [0.05, 0.1) is 19.8 Å². The van der Waals surface area contributed by atoms with Gasteiger partial charge in [-0.1, -0.05) is 6.07 Å². The zero-order chi connectivity index (χ0) is 27.7. The van der Waals surface area contributed by atoms with Crippen LogP contribution in [0.15, 0.2) is 71.8 Å². The Bertz CT molecular complexity index is 1770. The van der Waals surface area contributed by atoms with E-state index in [1.54, 1.807) is 44.3 Å². The molecule has 0 fully saturated rings. The van der Waals surface area contributed by atoms with Crippen LogP contribution in [0.4, 0.5) is 20.4 Å². The molecule has 0 atom stereocenters. The molecule has 3 aromatic carbocycles. The zero-order valence-corrected chi connectivity index (χ0v) is 21.6. The summed E-state index contributed by atoms with van der Waals surface area (Å²) >= 11 is 0. The molecule has 0 radical (unpaired) electrons. The number of nitrogens with one attached hydrogen (secondary N) is 1. The van der Waals surface area contributed by atoms with Crippen LogP contribution >= 0.6 is 0 Å². The van der Waals surface area contributed by atoms with Gasteiger partial charge in [-0.2, -0.15) is 0 Å². The van der Waals surface area contributed by atoms with E-state index < -0.39 is 5.82 Å². The number of benzene rings is 3. The van der Waals surface area contributed by atoms with Crippen molar-refractivity contribution in [1.82, 2.24) is 14.5 Å². The smallest absolute Gasteiger partial charge is 0.262 e. The number of anilines is 2. The Labute approximate surface area is 222 Å². The molecule has 0 aliphatic rings. The van der Waals surface area contributed by atoms with E-state index in [9.17, 15) is 9.18 Å². The summed E-state index contributed by atoms with van der Waals surface area (Å²) in [6.07, 6.45) is 2.90. The molecule has 0 aliphatic carbocycles. The molecule has 0 unspecified atom stereocenters. The topological polar surface area (TPSA) is 87.5 Å². The van der Waals surface area contributed by atoms with Crippen LogP contribution in [-0.2, 0) is 7.05 Å². The van der Waals surface area contributed by atoms with E-state index in [1.807, 2.05) is 0 Å². The van der Waals surface area contributed by atoms with Gasteiger partial charge >= 0.3 is 0 Å². The first-order valence-electron chi connectivity index (χ1n) is 11.9. The predicted molar refractivity (Wildman–Crippen MR) is 144 cm³/mol. The standard InChI is InChI=1S/C29H24F2N4O4/c1-16-13-18(30)6-8-22(16)34-29-33-15-20(28(36)35(29)2)17-5-9-24(21(31)14-17)39-23-11-12-32-26-19(23)7-10-25(37-3)27(26)38-4/h5-15H,1-4H3,(H,33,34). The predicted octanol–water partition coefficient (Wildman–Crippen LogP) is 6.14. The van der Waals surface area contributed by atoms with Crippen LogP contribution in [0, 0.1) is 18.6 Å². The Kier molecular flexibility index (Phi) is 6.84. The second-order valence-electron chi connectivity index (χ2n) is 8.70. The number of methoxy groups -OCH3 is 2.